The molecule has 0 N–H and O–H groups in total. The van der Waals surface area contributed by atoms with Crippen LogP contribution in [0.25, 0.3) is 0 Å². The van der Waals surface area contributed by atoms with E-state index in [1.165, 1.54) is 6.92 Å². The summed E-state index contributed by atoms with van der Waals surface area (Å²) in [5.74, 6) is -0.814. The monoisotopic (exact) mass is 260 g/mol. The van der Waals surface area contributed by atoms with Crippen LogP contribution in [0.15, 0.2) is 0 Å². The molecule has 1 aliphatic heterocycles. The van der Waals surface area contributed by atoms with E-state index in [1.807, 2.05) is 13.8 Å². The van der Waals surface area contributed by atoms with Crippen LogP contribution in [0.2, 0.25) is 0 Å². The lowest BCUT2D eigenvalue weighted by Crippen LogP contribution is -2.57. The van der Waals surface area contributed by atoms with E-state index < -0.39 is 5.79 Å². The first-order valence-corrected chi connectivity index (χ1v) is 6.25. The molecule has 5 heteroatoms. The summed E-state index contributed by atoms with van der Waals surface area (Å²) in [6.45, 7) is 7.48. The summed E-state index contributed by atoms with van der Waals surface area (Å²) in [7, 11) is 6.32. The zero-order valence-corrected chi connectivity index (χ0v) is 12.4. The Morgan fingerprint density at radius 3 is 2.11 bits per heavy atom. The maximum Gasteiger partial charge on any atom is 0.302 e. The summed E-state index contributed by atoms with van der Waals surface area (Å²) >= 11 is 0. The Morgan fingerprint density at radius 1 is 1.22 bits per heavy atom. The fourth-order valence-electron chi connectivity index (χ4n) is 2.22. The largest absolute Gasteiger partial charge is 0.465 e. The predicted molar refractivity (Wildman–Crippen MR) is 67.9 cm³/mol. The van der Waals surface area contributed by atoms with Gasteiger partial charge < -0.3 is 18.7 Å². The minimum Gasteiger partial charge on any atom is -0.465 e. The zero-order chi connectivity index (χ0) is 14.0. The van der Waals surface area contributed by atoms with Crippen LogP contribution in [0.5, 0.6) is 0 Å². The van der Waals surface area contributed by atoms with Crippen LogP contribution in [0, 0.1) is 5.41 Å². The third kappa shape index (κ3) is 4.92. The molecular formula is C13H26NO4+. The van der Waals surface area contributed by atoms with Gasteiger partial charge in [0, 0.05) is 6.92 Å². The number of rotatable bonds is 4. The quantitative estimate of drug-likeness (QED) is 0.559. The van der Waals surface area contributed by atoms with Crippen molar-refractivity contribution in [2.24, 2.45) is 5.41 Å². The first-order valence-electron chi connectivity index (χ1n) is 6.25. The maximum absolute atomic E-state index is 11.0. The number of quaternary nitrogens is 1. The number of hydrogen-bond donors (Lipinski definition) is 0. The standard InChI is InChI=1S/C13H26NO4/c1-11(15)16-8-13(7-14(4,5)6)9-17-12(2,3)18-10-13/h7-10H2,1-6H3/q+1. The van der Waals surface area contributed by atoms with Crippen molar-refractivity contribution in [1.29, 1.82) is 0 Å². The lowest BCUT2D eigenvalue weighted by atomic mass is 9.88. The van der Waals surface area contributed by atoms with Gasteiger partial charge in [0.1, 0.15) is 12.0 Å². The summed E-state index contributed by atoms with van der Waals surface area (Å²) in [6, 6.07) is 0. The molecule has 0 bridgehead atoms. The first-order chi connectivity index (χ1) is 8.04. The minimum atomic E-state index is -0.551. The Labute approximate surface area is 110 Å². The average Bonchev–Trinajstić information content (AvgIpc) is 2.18. The fraction of sp³-hybridized carbons (Fsp3) is 0.923. The summed E-state index contributed by atoms with van der Waals surface area (Å²) in [5, 5.41) is 0. The molecule has 0 spiro atoms. The van der Waals surface area contributed by atoms with E-state index in [0.717, 1.165) is 11.0 Å². The molecule has 0 aliphatic carbocycles. The van der Waals surface area contributed by atoms with Crippen molar-refractivity contribution in [3.63, 3.8) is 0 Å². The molecule has 1 heterocycles. The number of carbonyl (C=O) groups is 1. The van der Waals surface area contributed by atoms with E-state index in [-0.39, 0.29) is 11.4 Å². The molecule has 0 atom stereocenters. The van der Waals surface area contributed by atoms with E-state index in [1.54, 1.807) is 0 Å². The highest BCUT2D eigenvalue weighted by atomic mass is 16.7. The maximum atomic E-state index is 11.0. The molecule has 0 saturated carbocycles. The highest BCUT2D eigenvalue weighted by Crippen LogP contribution is 2.31. The van der Waals surface area contributed by atoms with Gasteiger partial charge in [0.15, 0.2) is 5.79 Å². The number of carbonyl (C=O) groups excluding carboxylic acids is 1. The van der Waals surface area contributed by atoms with E-state index in [4.69, 9.17) is 14.2 Å². The SMILES string of the molecule is CC(=O)OCC1(C[N+](C)(C)C)COC(C)(C)OC1. The molecular weight excluding hydrogens is 234 g/mol. The molecule has 1 rings (SSSR count). The van der Waals surface area contributed by atoms with E-state index >= 15 is 0 Å². The number of esters is 1. The summed E-state index contributed by atoms with van der Waals surface area (Å²) in [6.07, 6.45) is 0. The Hall–Kier alpha value is -0.650. The van der Waals surface area contributed by atoms with Crippen LogP contribution in [-0.4, -0.2) is 63.7 Å². The summed E-state index contributed by atoms with van der Waals surface area (Å²) in [4.78, 5) is 11.0. The minimum absolute atomic E-state index is 0.263. The van der Waals surface area contributed by atoms with Crippen LogP contribution in [0.1, 0.15) is 20.8 Å². The van der Waals surface area contributed by atoms with Crippen LogP contribution in [-0.2, 0) is 19.0 Å². The van der Waals surface area contributed by atoms with Crippen LogP contribution in [0.3, 0.4) is 0 Å². The van der Waals surface area contributed by atoms with Crippen molar-refractivity contribution in [3.8, 4) is 0 Å². The van der Waals surface area contributed by atoms with Gasteiger partial charge in [0.2, 0.25) is 0 Å². The van der Waals surface area contributed by atoms with Gasteiger partial charge in [-0.3, -0.25) is 4.79 Å². The van der Waals surface area contributed by atoms with Gasteiger partial charge in [-0.1, -0.05) is 0 Å². The molecule has 106 valence electrons. The Morgan fingerprint density at radius 2 is 1.72 bits per heavy atom. The zero-order valence-electron chi connectivity index (χ0n) is 12.4. The Kier molecular flexibility index (Phi) is 4.41. The molecule has 1 fully saturated rings. The van der Waals surface area contributed by atoms with E-state index in [2.05, 4.69) is 21.1 Å². The Balaban J connectivity index is 2.73. The van der Waals surface area contributed by atoms with Crippen LogP contribution < -0.4 is 0 Å². The molecule has 0 radical (unpaired) electrons. The van der Waals surface area contributed by atoms with Crippen LogP contribution >= 0.6 is 0 Å². The van der Waals surface area contributed by atoms with Crippen molar-refractivity contribution in [2.75, 3.05) is 47.5 Å². The second-order valence-corrected chi connectivity index (χ2v) is 6.71. The van der Waals surface area contributed by atoms with Gasteiger partial charge in [0.05, 0.1) is 40.9 Å². The van der Waals surface area contributed by atoms with Gasteiger partial charge in [0.25, 0.3) is 0 Å². The van der Waals surface area contributed by atoms with E-state index in [9.17, 15) is 4.79 Å². The number of ether oxygens (including phenoxy) is 3. The second-order valence-electron chi connectivity index (χ2n) is 6.71. The molecule has 0 aromatic carbocycles. The van der Waals surface area contributed by atoms with Gasteiger partial charge in [-0.05, 0) is 13.8 Å². The molecule has 18 heavy (non-hydrogen) atoms. The lowest BCUT2D eigenvalue weighted by molar-refractivity contribution is -0.878. The Bertz CT molecular complexity index is 297. The molecule has 0 unspecified atom stereocenters. The van der Waals surface area contributed by atoms with Crippen molar-refractivity contribution < 1.29 is 23.5 Å². The second kappa shape index (κ2) is 5.15. The smallest absolute Gasteiger partial charge is 0.302 e. The van der Waals surface area contributed by atoms with Crippen molar-refractivity contribution in [1.82, 2.24) is 0 Å². The average molecular weight is 260 g/mol. The molecule has 0 amide bonds. The van der Waals surface area contributed by atoms with Crippen molar-refractivity contribution in [2.45, 2.75) is 26.6 Å². The molecule has 0 aromatic rings. The molecule has 0 aromatic heterocycles. The van der Waals surface area contributed by atoms with Crippen molar-refractivity contribution >= 4 is 5.97 Å². The van der Waals surface area contributed by atoms with Gasteiger partial charge in [-0.15, -0.1) is 0 Å². The van der Waals surface area contributed by atoms with Gasteiger partial charge >= 0.3 is 5.97 Å². The van der Waals surface area contributed by atoms with Gasteiger partial charge in [-0.25, -0.2) is 0 Å². The molecule has 1 saturated heterocycles. The number of nitrogens with zero attached hydrogens (tertiary/aromatic N) is 1. The highest BCUT2D eigenvalue weighted by molar-refractivity contribution is 5.65. The fourth-order valence-corrected chi connectivity index (χ4v) is 2.22. The predicted octanol–water partition coefficient (Wildman–Crippen LogP) is 1.03. The third-order valence-electron chi connectivity index (χ3n) is 2.84. The molecule has 1 aliphatic rings. The van der Waals surface area contributed by atoms with Crippen molar-refractivity contribution in [3.05, 3.63) is 0 Å². The van der Waals surface area contributed by atoms with E-state index in [0.29, 0.717) is 19.8 Å². The van der Waals surface area contributed by atoms with Gasteiger partial charge in [-0.2, -0.15) is 0 Å². The first kappa shape index (κ1) is 15.4. The molecule has 5 nitrogen and oxygen atoms in total. The summed E-state index contributed by atoms with van der Waals surface area (Å²) < 4.78 is 17.4. The topological polar surface area (TPSA) is 44.8 Å². The third-order valence-corrected chi connectivity index (χ3v) is 2.84. The van der Waals surface area contributed by atoms with Crippen LogP contribution in [0.4, 0.5) is 0 Å². The highest BCUT2D eigenvalue weighted by Gasteiger charge is 2.44. The lowest BCUT2D eigenvalue weighted by Gasteiger charge is -2.45. The number of hydrogen-bond acceptors (Lipinski definition) is 4. The summed E-state index contributed by atoms with van der Waals surface area (Å²) in [5.41, 5.74) is -0.264. The normalized spacial score (nSPS) is 22.6.